The van der Waals surface area contributed by atoms with Gasteiger partial charge in [0.05, 0.1) is 0 Å². The normalized spacial score (nSPS) is 19.9. The molecule has 1 fully saturated rings. The van der Waals surface area contributed by atoms with Crippen molar-refractivity contribution < 1.29 is 14.6 Å². The highest BCUT2D eigenvalue weighted by Gasteiger charge is 2.20. The Hall–Kier alpha value is -1.59. The van der Waals surface area contributed by atoms with E-state index in [9.17, 15) is 4.79 Å². The van der Waals surface area contributed by atoms with E-state index in [4.69, 9.17) is 9.84 Å². The second kappa shape index (κ2) is 7.11. The second-order valence-corrected chi connectivity index (χ2v) is 4.81. The van der Waals surface area contributed by atoms with Crippen LogP contribution >= 0.6 is 0 Å². The number of benzene rings is 1. The molecule has 1 atom stereocenters. The van der Waals surface area contributed by atoms with Crippen LogP contribution in [-0.4, -0.2) is 35.9 Å². The number of nitrogens with one attached hydrogen (secondary N) is 1. The van der Waals surface area contributed by atoms with E-state index in [1.54, 1.807) is 0 Å². The molecule has 1 aliphatic heterocycles. The average Bonchev–Trinajstić information content (AvgIpc) is 2.46. The van der Waals surface area contributed by atoms with Crippen LogP contribution < -0.4 is 5.43 Å². The lowest BCUT2D eigenvalue weighted by molar-refractivity contribution is 0.0617. The number of piperidine rings is 1. The van der Waals surface area contributed by atoms with Gasteiger partial charge in [-0.05, 0) is 24.3 Å². The zero-order valence-corrected chi connectivity index (χ0v) is 10.9. The first kappa shape index (κ1) is 13.8. The molecule has 2 rings (SSSR count). The fourth-order valence-electron chi connectivity index (χ4n) is 2.20. The Labute approximate surface area is 113 Å². The number of aliphatic hydroxyl groups excluding tert-OH is 1. The Morgan fingerprint density at radius 3 is 2.95 bits per heavy atom. The van der Waals surface area contributed by atoms with E-state index in [-0.39, 0.29) is 19.1 Å². The van der Waals surface area contributed by atoms with Crippen molar-refractivity contribution in [3.05, 3.63) is 35.9 Å². The fraction of sp³-hybridized carbons (Fsp3) is 0.500. The molecule has 1 aromatic carbocycles. The molecule has 0 bridgehead atoms. The van der Waals surface area contributed by atoms with Crippen LogP contribution in [0.15, 0.2) is 30.3 Å². The standard InChI is InChI=1S/C14H20N2O3/c17-10-13-7-4-8-16(9-13)15-14(18)19-11-12-5-2-1-3-6-12/h1-3,5-6,13,17H,4,7-11H2,(H,15,18). The highest BCUT2D eigenvalue weighted by Crippen LogP contribution is 2.13. The second-order valence-electron chi connectivity index (χ2n) is 4.81. The molecule has 104 valence electrons. The predicted octanol–water partition coefficient (Wildman–Crippen LogP) is 1.53. The molecule has 2 N–H and O–H groups in total. The van der Waals surface area contributed by atoms with Gasteiger partial charge in [0.15, 0.2) is 0 Å². The van der Waals surface area contributed by atoms with Crippen molar-refractivity contribution >= 4 is 6.09 Å². The molecule has 1 aromatic rings. The molecular formula is C14H20N2O3. The molecule has 19 heavy (non-hydrogen) atoms. The van der Waals surface area contributed by atoms with E-state index in [1.165, 1.54) is 0 Å². The summed E-state index contributed by atoms with van der Waals surface area (Å²) in [6.45, 7) is 1.91. The smallest absolute Gasteiger partial charge is 0.422 e. The van der Waals surface area contributed by atoms with Crippen molar-refractivity contribution in [2.75, 3.05) is 19.7 Å². The first-order valence-electron chi connectivity index (χ1n) is 6.61. The topological polar surface area (TPSA) is 61.8 Å². The lowest BCUT2D eigenvalue weighted by atomic mass is 10.0. The van der Waals surface area contributed by atoms with Crippen LogP contribution in [0.25, 0.3) is 0 Å². The zero-order valence-electron chi connectivity index (χ0n) is 10.9. The largest absolute Gasteiger partial charge is 0.444 e. The van der Waals surface area contributed by atoms with Crippen molar-refractivity contribution in [2.45, 2.75) is 19.4 Å². The Morgan fingerprint density at radius 2 is 2.21 bits per heavy atom. The Balaban J connectivity index is 1.72. The molecule has 1 unspecified atom stereocenters. The van der Waals surface area contributed by atoms with Gasteiger partial charge in [0.1, 0.15) is 6.61 Å². The summed E-state index contributed by atoms with van der Waals surface area (Å²) in [6.07, 6.45) is 1.54. The van der Waals surface area contributed by atoms with E-state index < -0.39 is 6.09 Å². The van der Waals surface area contributed by atoms with E-state index in [2.05, 4.69) is 5.43 Å². The minimum Gasteiger partial charge on any atom is -0.444 e. The SMILES string of the molecule is O=C(NN1CCCC(CO)C1)OCc1ccccc1. The van der Waals surface area contributed by atoms with Gasteiger partial charge < -0.3 is 9.84 Å². The van der Waals surface area contributed by atoms with E-state index in [0.717, 1.165) is 24.9 Å². The first-order chi connectivity index (χ1) is 9.28. The van der Waals surface area contributed by atoms with Gasteiger partial charge in [0.2, 0.25) is 0 Å². The van der Waals surface area contributed by atoms with Gasteiger partial charge in [-0.15, -0.1) is 0 Å². The predicted molar refractivity (Wildman–Crippen MR) is 71.1 cm³/mol. The summed E-state index contributed by atoms with van der Waals surface area (Å²) in [4.78, 5) is 11.6. The number of hydrazine groups is 1. The molecule has 1 saturated heterocycles. The zero-order chi connectivity index (χ0) is 13.5. The molecule has 5 nitrogen and oxygen atoms in total. The van der Waals surface area contributed by atoms with Gasteiger partial charge in [-0.1, -0.05) is 30.3 Å². The number of nitrogens with zero attached hydrogens (tertiary/aromatic N) is 1. The van der Waals surface area contributed by atoms with Crippen LogP contribution in [0.1, 0.15) is 18.4 Å². The number of hydrogen-bond donors (Lipinski definition) is 2. The van der Waals surface area contributed by atoms with Crippen LogP contribution in [0.3, 0.4) is 0 Å². The maximum absolute atomic E-state index is 11.6. The number of hydrogen-bond acceptors (Lipinski definition) is 4. The molecule has 0 spiro atoms. The third kappa shape index (κ3) is 4.54. The fourth-order valence-corrected chi connectivity index (χ4v) is 2.20. The molecule has 0 saturated carbocycles. The molecule has 5 heteroatoms. The number of carbonyl (C=O) groups is 1. The summed E-state index contributed by atoms with van der Waals surface area (Å²) in [5, 5.41) is 10.9. The molecule has 0 aromatic heterocycles. The Morgan fingerprint density at radius 1 is 1.42 bits per heavy atom. The number of carbonyl (C=O) groups excluding carboxylic acids is 1. The van der Waals surface area contributed by atoms with Crippen LogP contribution in [-0.2, 0) is 11.3 Å². The number of rotatable bonds is 4. The molecule has 0 radical (unpaired) electrons. The third-order valence-corrected chi connectivity index (χ3v) is 3.24. The minimum atomic E-state index is -0.442. The summed E-state index contributed by atoms with van der Waals surface area (Å²) in [7, 11) is 0. The lowest BCUT2D eigenvalue weighted by Crippen LogP contribution is -2.48. The quantitative estimate of drug-likeness (QED) is 0.866. The number of aliphatic hydroxyl groups is 1. The van der Waals surface area contributed by atoms with E-state index >= 15 is 0 Å². The molecule has 1 heterocycles. The van der Waals surface area contributed by atoms with E-state index in [0.29, 0.717) is 6.54 Å². The van der Waals surface area contributed by atoms with Gasteiger partial charge in [-0.25, -0.2) is 9.80 Å². The number of amides is 1. The van der Waals surface area contributed by atoms with Crippen molar-refractivity contribution in [3.8, 4) is 0 Å². The van der Waals surface area contributed by atoms with Crippen LogP contribution in [0.5, 0.6) is 0 Å². The monoisotopic (exact) mass is 264 g/mol. The summed E-state index contributed by atoms with van der Waals surface area (Å²) < 4.78 is 5.15. The highest BCUT2D eigenvalue weighted by atomic mass is 16.6. The Bertz CT molecular complexity index is 397. The van der Waals surface area contributed by atoms with Gasteiger partial charge in [0, 0.05) is 19.7 Å². The van der Waals surface area contributed by atoms with E-state index in [1.807, 2.05) is 35.3 Å². The van der Waals surface area contributed by atoms with Gasteiger partial charge in [-0.3, -0.25) is 5.43 Å². The van der Waals surface area contributed by atoms with Crippen molar-refractivity contribution in [1.29, 1.82) is 0 Å². The molecule has 1 aliphatic rings. The minimum absolute atomic E-state index is 0.164. The molecule has 0 aliphatic carbocycles. The molecular weight excluding hydrogens is 244 g/mol. The van der Waals surface area contributed by atoms with Crippen molar-refractivity contribution in [2.24, 2.45) is 5.92 Å². The lowest BCUT2D eigenvalue weighted by Gasteiger charge is -2.31. The number of ether oxygens (including phenoxy) is 1. The summed E-state index contributed by atoms with van der Waals surface area (Å²) in [5.41, 5.74) is 3.68. The highest BCUT2D eigenvalue weighted by molar-refractivity contribution is 5.66. The Kier molecular flexibility index (Phi) is 5.18. The summed E-state index contributed by atoms with van der Waals surface area (Å²) in [5.74, 6) is 0.239. The maximum Gasteiger partial charge on any atom is 0.422 e. The molecule has 1 amide bonds. The van der Waals surface area contributed by atoms with Crippen LogP contribution in [0.2, 0.25) is 0 Å². The first-order valence-corrected chi connectivity index (χ1v) is 6.61. The van der Waals surface area contributed by atoms with Crippen molar-refractivity contribution in [1.82, 2.24) is 10.4 Å². The average molecular weight is 264 g/mol. The summed E-state index contributed by atoms with van der Waals surface area (Å²) >= 11 is 0. The summed E-state index contributed by atoms with van der Waals surface area (Å²) in [6, 6.07) is 9.57. The maximum atomic E-state index is 11.6. The van der Waals surface area contributed by atoms with Gasteiger partial charge in [-0.2, -0.15) is 0 Å². The van der Waals surface area contributed by atoms with Crippen LogP contribution in [0, 0.1) is 5.92 Å². The van der Waals surface area contributed by atoms with Crippen LogP contribution in [0.4, 0.5) is 4.79 Å². The van der Waals surface area contributed by atoms with Gasteiger partial charge in [0.25, 0.3) is 0 Å². The van der Waals surface area contributed by atoms with Crippen molar-refractivity contribution in [3.63, 3.8) is 0 Å². The third-order valence-electron chi connectivity index (χ3n) is 3.24. The van der Waals surface area contributed by atoms with Gasteiger partial charge >= 0.3 is 6.09 Å².